The van der Waals surface area contributed by atoms with Crippen LogP contribution in [0.3, 0.4) is 0 Å². The SMILES string of the molecule is CCc1cccc(C2(N)CCc3ccccc32)c1. The van der Waals surface area contributed by atoms with Gasteiger partial charge in [-0.1, -0.05) is 55.5 Å². The summed E-state index contributed by atoms with van der Waals surface area (Å²) in [5.41, 5.74) is 11.8. The number of hydrogen-bond acceptors (Lipinski definition) is 1. The second kappa shape index (κ2) is 4.25. The molecule has 1 nitrogen and oxygen atoms in total. The fourth-order valence-electron chi connectivity index (χ4n) is 3.01. The first-order chi connectivity index (χ1) is 8.74. The lowest BCUT2D eigenvalue weighted by Crippen LogP contribution is -2.35. The molecular formula is C17H19N. The Kier molecular flexibility index (Phi) is 2.71. The lowest BCUT2D eigenvalue weighted by atomic mass is 9.84. The first kappa shape index (κ1) is 11.5. The fourth-order valence-corrected chi connectivity index (χ4v) is 3.01. The molecule has 1 aliphatic carbocycles. The summed E-state index contributed by atoms with van der Waals surface area (Å²) in [4.78, 5) is 0. The summed E-state index contributed by atoms with van der Waals surface area (Å²) in [5.74, 6) is 0. The van der Waals surface area contributed by atoms with Gasteiger partial charge in [0.2, 0.25) is 0 Å². The smallest absolute Gasteiger partial charge is 0.0671 e. The van der Waals surface area contributed by atoms with Crippen molar-refractivity contribution in [2.45, 2.75) is 31.7 Å². The number of fused-ring (bicyclic) bond motifs is 1. The van der Waals surface area contributed by atoms with Crippen molar-refractivity contribution < 1.29 is 0 Å². The number of hydrogen-bond donors (Lipinski definition) is 1. The van der Waals surface area contributed by atoms with Gasteiger partial charge in [-0.05, 0) is 41.5 Å². The van der Waals surface area contributed by atoms with Crippen molar-refractivity contribution in [2.75, 3.05) is 0 Å². The van der Waals surface area contributed by atoms with Gasteiger partial charge in [0.1, 0.15) is 0 Å². The average Bonchev–Trinajstić information content (AvgIpc) is 2.79. The molecule has 1 aliphatic rings. The minimum Gasteiger partial charge on any atom is -0.318 e. The molecule has 0 spiro atoms. The number of benzene rings is 2. The third-order valence-electron chi connectivity index (χ3n) is 4.14. The molecule has 0 bridgehead atoms. The monoisotopic (exact) mass is 237 g/mol. The zero-order valence-electron chi connectivity index (χ0n) is 10.8. The molecule has 3 rings (SSSR count). The Morgan fingerprint density at radius 1 is 1.11 bits per heavy atom. The van der Waals surface area contributed by atoms with E-state index in [9.17, 15) is 0 Å². The van der Waals surface area contributed by atoms with Crippen molar-refractivity contribution in [1.82, 2.24) is 0 Å². The molecule has 0 aromatic heterocycles. The van der Waals surface area contributed by atoms with Crippen LogP contribution in [0.15, 0.2) is 48.5 Å². The summed E-state index contributed by atoms with van der Waals surface area (Å²) < 4.78 is 0. The van der Waals surface area contributed by atoms with Gasteiger partial charge in [0.05, 0.1) is 5.54 Å². The summed E-state index contributed by atoms with van der Waals surface area (Å²) in [6, 6.07) is 17.3. The van der Waals surface area contributed by atoms with Crippen molar-refractivity contribution in [3.63, 3.8) is 0 Å². The van der Waals surface area contributed by atoms with Crippen LogP contribution in [0.2, 0.25) is 0 Å². The minimum absolute atomic E-state index is 0.290. The van der Waals surface area contributed by atoms with E-state index >= 15 is 0 Å². The molecule has 1 heteroatoms. The molecular weight excluding hydrogens is 218 g/mol. The molecule has 0 radical (unpaired) electrons. The molecule has 0 saturated heterocycles. The molecule has 2 N–H and O–H groups in total. The van der Waals surface area contributed by atoms with Crippen molar-refractivity contribution in [3.05, 3.63) is 70.8 Å². The first-order valence-electron chi connectivity index (χ1n) is 6.71. The highest BCUT2D eigenvalue weighted by atomic mass is 14.8. The normalized spacial score (nSPS) is 21.9. The van der Waals surface area contributed by atoms with E-state index in [1.807, 2.05) is 0 Å². The maximum Gasteiger partial charge on any atom is 0.0671 e. The van der Waals surface area contributed by atoms with Crippen molar-refractivity contribution in [2.24, 2.45) is 5.73 Å². The second-order valence-electron chi connectivity index (χ2n) is 5.18. The Morgan fingerprint density at radius 3 is 2.78 bits per heavy atom. The van der Waals surface area contributed by atoms with Gasteiger partial charge in [-0.2, -0.15) is 0 Å². The summed E-state index contributed by atoms with van der Waals surface area (Å²) in [6.45, 7) is 2.19. The number of nitrogens with two attached hydrogens (primary N) is 1. The van der Waals surface area contributed by atoms with Crippen LogP contribution in [0.25, 0.3) is 0 Å². The molecule has 0 fully saturated rings. The van der Waals surface area contributed by atoms with Gasteiger partial charge < -0.3 is 5.73 Å². The van der Waals surface area contributed by atoms with Crippen LogP contribution < -0.4 is 5.73 Å². The first-order valence-corrected chi connectivity index (χ1v) is 6.71. The van der Waals surface area contributed by atoms with Crippen LogP contribution in [-0.2, 0) is 18.4 Å². The lowest BCUT2D eigenvalue weighted by molar-refractivity contribution is 0.534. The average molecular weight is 237 g/mol. The van der Waals surface area contributed by atoms with E-state index in [-0.39, 0.29) is 5.54 Å². The lowest BCUT2D eigenvalue weighted by Gasteiger charge is -2.26. The van der Waals surface area contributed by atoms with E-state index in [2.05, 4.69) is 55.5 Å². The van der Waals surface area contributed by atoms with Crippen molar-refractivity contribution >= 4 is 0 Å². The van der Waals surface area contributed by atoms with E-state index < -0.39 is 0 Å². The topological polar surface area (TPSA) is 26.0 Å². The molecule has 0 saturated carbocycles. The molecule has 92 valence electrons. The summed E-state index contributed by atoms with van der Waals surface area (Å²) in [6.07, 6.45) is 3.16. The van der Waals surface area contributed by atoms with E-state index in [1.165, 1.54) is 22.3 Å². The standard InChI is InChI=1S/C17H19N/c1-2-13-6-5-8-15(12-13)17(18)11-10-14-7-3-4-9-16(14)17/h3-9,12H,2,10-11,18H2,1H3. The van der Waals surface area contributed by atoms with Crippen LogP contribution in [0.5, 0.6) is 0 Å². The molecule has 0 heterocycles. The molecule has 2 aromatic carbocycles. The largest absolute Gasteiger partial charge is 0.318 e. The third-order valence-corrected chi connectivity index (χ3v) is 4.14. The van der Waals surface area contributed by atoms with Gasteiger partial charge >= 0.3 is 0 Å². The van der Waals surface area contributed by atoms with Crippen LogP contribution in [0, 0.1) is 0 Å². The highest BCUT2D eigenvalue weighted by Gasteiger charge is 2.36. The van der Waals surface area contributed by atoms with Crippen molar-refractivity contribution in [3.8, 4) is 0 Å². The maximum absolute atomic E-state index is 6.72. The molecule has 2 aromatic rings. The Hall–Kier alpha value is -1.60. The van der Waals surface area contributed by atoms with Gasteiger partial charge in [0, 0.05) is 0 Å². The molecule has 0 aliphatic heterocycles. The van der Waals surface area contributed by atoms with Crippen LogP contribution >= 0.6 is 0 Å². The predicted octanol–water partition coefficient (Wildman–Crippen LogP) is 3.40. The van der Waals surface area contributed by atoms with E-state index in [4.69, 9.17) is 5.73 Å². The Labute approximate surface area is 109 Å². The highest BCUT2D eigenvalue weighted by molar-refractivity contribution is 5.47. The quantitative estimate of drug-likeness (QED) is 0.851. The van der Waals surface area contributed by atoms with Gasteiger partial charge in [-0.15, -0.1) is 0 Å². The number of rotatable bonds is 2. The Morgan fingerprint density at radius 2 is 1.94 bits per heavy atom. The van der Waals surface area contributed by atoms with Crippen LogP contribution in [0.4, 0.5) is 0 Å². The van der Waals surface area contributed by atoms with Crippen LogP contribution in [0.1, 0.15) is 35.6 Å². The molecule has 18 heavy (non-hydrogen) atoms. The van der Waals surface area contributed by atoms with Crippen molar-refractivity contribution in [1.29, 1.82) is 0 Å². The Bertz CT molecular complexity index is 573. The van der Waals surface area contributed by atoms with E-state index in [1.54, 1.807) is 0 Å². The minimum atomic E-state index is -0.290. The summed E-state index contributed by atoms with van der Waals surface area (Å²) in [7, 11) is 0. The van der Waals surface area contributed by atoms with Gasteiger partial charge in [0.25, 0.3) is 0 Å². The predicted molar refractivity (Wildman–Crippen MR) is 75.6 cm³/mol. The van der Waals surface area contributed by atoms with Gasteiger partial charge in [0.15, 0.2) is 0 Å². The van der Waals surface area contributed by atoms with Gasteiger partial charge in [-0.3, -0.25) is 0 Å². The maximum atomic E-state index is 6.72. The van der Waals surface area contributed by atoms with Crippen LogP contribution in [-0.4, -0.2) is 0 Å². The third kappa shape index (κ3) is 1.67. The summed E-state index contributed by atoms with van der Waals surface area (Å²) in [5, 5.41) is 0. The number of aryl methyl sites for hydroxylation is 2. The highest BCUT2D eigenvalue weighted by Crippen LogP contribution is 2.39. The fraction of sp³-hybridized carbons (Fsp3) is 0.294. The zero-order chi connectivity index (χ0) is 12.6. The van der Waals surface area contributed by atoms with E-state index in [0.717, 1.165) is 19.3 Å². The second-order valence-corrected chi connectivity index (χ2v) is 5.18. The van der Waals surface area contributed by atoms with E-state index in [0.29, 0.717) is 0 Å². The summed E-state index contributed by atoms with van der Waals surface area (Å²) >= 11 is 0. The molecule has 1 unspecified atom stereocenters. The zero-order valence-corrected chi connectivity index (χ0v) is 10.8. The Balaban J connectivity index is 2.11. The molecule has 1 atom stereocenters. The van der Waals surface area contributed by atoms with Gasteiger partial charge in [-0.25, -0.2) is 0 Å². The molecule has 0 amide bonds.